The summed E-state index contributed by atoms with van der Waals surface area (Å²) < 4.78 is 13.9. The molecule has 0 aliphatic carbocycles. The van der Waals surface area contributed by atoms with E-state index in [0.717, 1.165) is 5.56 Å². The average Bonchev–Trinajstić information content (AvgIpc) is 2.37. The summed E-state index contributed by atoms with van der Waals surface area (Å²) in [4.78, 5) is 0. The predicted octanol–water partition coefficient (Wildman–Crippen LogP) is 3.84. The molecule has 1 atom stereocenters. The molecular formula is C16H21FOS. The highest BCUT2D eigenvalue weighted by Crippen LogP contribution is 2.24. The van der Waals surface area contributed by atoms with Gasteiger partial charge in [-0.25, -0.2) is 4.39 Å². The molecule has 0 fully saturated rings. The van der Waals surface area contributed by atoms with Gasteiger partial charge in [-0.15, -0.1) is 0 Å². The largest absolute Gasteiger partial charge is 0.395 e. The lowest BCUT2D eigenvalue weighted by Gasteiger charge is -2.15. The molecule has 0 amide bonds. The van der Waals surface area contributed by atoms with Gasteiger partial charge in [0.2, 0.25) is 0 Å². The topological polar surface area (TPSA) is 20.2 Å². The van der Waals surface area contributed by atoms with Crippen LogP contribution in [-0.4, -0.2) is 17.0 Å². The number of thioether (sulfide) groups is 1. The Morgan fingerprint density at radius 2 is 2.05 bits per heavy atom. The first kappa shape index (κ1) is 16.1. The van der Waals surface area contributed by atoms with Crippen molar-refractivity contribution in [1.82, 2.24) is 0 Å². The summed E-state index contributed by atoms with van der Waals surface area (Å²) in [5, 5.41) is 9.15. The molecule has 0 saturated carbocycles. The van der Waals surface area contributed by atoms with Crippen molar-refractivity contribution in [1.29, 1.82) is 0 Å². The van der Waals surface area contributed by atoms with Crippen LogP contribution in [0.25, 0.3) is 0 Å². The molecule has 1 nitrogen and oxygen atoms in total. The molecule has 3 heteroatoms. The van der Waals surface area contributed by atoms with Crippen LogP contribution < -0.4 is 0 Å². The van der Waals surface area contributed by atoms with Crippen LogP contribution in [0.2, 0.25) is 0 Å². The van der Waals surface area contributed by atoms with Gasteiger partial charge < -0.3 is 5.11 Å². The number of hydrogen-bond acceptors (Lipinski definition) is 2. The number of halogens is 1. The first-order valence-corrected chi connectivity index (χ1v) is 7.59. The minimum absolute atomic E-state index is 0.0390. The van der Waals surface area contributed by atoms with Crippen LogP contribution in [0, 0.1) is 23.6 Å². The van der Waals surface area contributed by atoms with E-state index in [-0.39, 0.29) is 12.4 Å². The molecule has 0 heterocycles. The Labute approximate surface area is 119 Å². The highest BCUT2D eigenvalue weighted by atomic mass is 32.2. The van der Waals surface area contributed by atoms with Crippen LogP contribution >= 0.6 is 11.8 Å². The lowest BCUT2D eigenvalue weighted by molar-refractivity contribution is 0.305. The van der Waals surface area contributed by atoms with Crippen molar-refractivity contribution in [2.24, 2.45) is 5.92 Å². The van der Waals surface area contributed by atoms with E-state index in [1.165, 1.54) is 6.07 Å². The minimum Gasteiger partial charge on any atom is -0.395 e. The Morgan fingerprint density at radius 3 is 2.63 bits per heavy atom. The van der Waals surface area contributed by atoms with Gasteiger partial charge in [0, 0.05) is 23.0 Å². The van der Waals surface area contributed by atoms with Crippen LogP contribution in [-0.2, 0) is 5.75 Å². The second-order valence-electron chi connectivity index (χ2n) is 4.84. The van der Waals surface area contributed by atoms with Gasteiger partial charge in [-0.1, -0.05) is 38.7 Å². The zero-order valence-electron chi connectivity index (χ0n) is 11.7. The standard InChI is InChI=1S/C16H21FOS/c1-12(2)13(3)19-11-15-8-7-14(10-16(15)17)6-4-5-9-18/h7-8,10,12-13,18H,5,9,11H2,1-3H3. The highest BCUT2D eigenvalue weighted by molar-refractivity contribution is 7.99. The molecule has 1 aromatic carbocycles. The van der Waals surface area contributed by atoms with Gasteiger partial charge in [-0.3, -0.25) is 0 Å². The van der Waals surface area contributed by atoms with Gasteiger partial charge in [-0.05, 0) is 23.6 Å². The molecule has 0 spiro atoms. The Hall–Kier alpha value is -0.980. The van der Waals surface area contributed by atoms with Crippen LogP contribution in [0.5, 0.6) is 0 Å². The maximum absolute atomic E-state index is 13.9. The van der Waals surface area contributed by atoms with Crippen LogP contribution in [0.4, 0.5) is 4.39 Å². The number of benzene rings is 1. The van der Waals surface area contributed by atoms with Crippen LogP contribution in [0.1, 0.15) is 38.3 Å². The summed E-state index contributed by atoms with van der Waals surface area (Å²) in [5.41, 5.74) is 1.39. The van der Waals surface area contributed by atoms with Crippen LogP contribution in [0.3, 0.4) is 0 Å². The number of aliphatic hydroxyl groups excluding tert-OH is 1. The quantitative estimate of drug-likeness (QED) is 0.827. The van der Waals surface area contributed by atoms with E-state index in [1.54, 1.807) is 17.8 Å². The number of aliphatic hydroxyl groups is 1. The third-order valence-electron chi connectivity index (χ3n) is 2.96. The normalized spacial score (nSPS) is 12.1. The van der Waals surface area contributed by atoms with Gasteiger partial charge in [0.25, 0.3) is 0 Å². The molecule has 1 aromatic rings. The van der Waals surface area contributed by atoms with Crippen molar-refractivity contribution in [2.75, 3.05) is 6.61 Å². The van der Waals surface area contributed by atoms with Crippen molar-refractivity contribution in [3.63, 3.8) is 0 Å². The number of rotatable bonds is 5. The summed E-state index contributed by atoms with van der Waals surface area (Å²) >= 11 is 1.77. The van der Waals surface area contributed by atoms with Gasteiger partial charge in [-0.2, -0.15) is 11.8 Å². The molecule has 1 unspecified atom stereocenters. The molecule has 0 radical (unpaired) electrons. The maximum Gasteiger partial charge on any atom is 0.128 e. The van der Waals surface area contributed by atoms with Gasteiger partial charge in [0.1, 0.15) is 5.82 Å². The highest BCUT2D eigenvalue weighted by Gasteiger charge is 2.09. The Morgan fingerprint density at radius 1 is 1.32 bits per heavy atom. The second kappa shape index (κ2) is 8.24. The SMILES string of the molecule is CC(C)C(C)SCc1ccc(C#CCCO)cc1F. The smallest absolute Gasteiger partial charge is 0.128 e. The third kappa shape index (κ3) is 5.67. The van der Waals surface area contributed by atoms with Crippen molar-refractivity contribution < 1.29 is 9.50 Å². The van der Waals surface area contributed by atoms with E-state index in [9.17, 15) is 4.39 Å². The molecule has 104 valence electrons. The molecule has 0 bridgehead atoms. The summed E-state index contributed by atoms with van der Waals surface area (Å²) in [6, 6.07) is 5.11. The van der Waals surface area contributed by atoms with Crippen molar-refractivity contribution in [3.8, 4) is 11.8 Å². The molecule has 0 aromatic heterocycles. The monoisotopic (exact) mass is 280 g/mol. The van der Waals surface area contributed by atoms with E-state index in [0.29, 0.717) is 28.9 Å². The van der Waals surface area contributed by atoms with Crippen molar-refractivity contribution in [2.45, 2.75) is 38.2 Å². The summed E-state index contributed by atoms with van der Waals surface area (Å²) in [6.45, 7) is 6.56. The lowest BCUT2D eigenvalue weighted by Crippen LogP contribution is -2.06. The molecular weight excluding hydrogens is 259 g/mol. The molecule has 1 N–H and O–H groups in total. The molecule has 0 saturated heterocycles. The third-order valence-corrected chi connectivity index (χ3v) is 4.51. The van der Waals surface area contributed by atoms with Gasteiger partial charge in [0.15, 0.2) is 0 Å². The lowest BCUT2D eigenvalue weighted by atomic mass is 10.1. The minimum atomic E-state index is -0.195. The molecule has 1 rings (SSSR count). The van der Waals surface area contributed by atoms with E-state index < -0.39 is 0 Å². The Bertz CT molecular complexity index is 460. The molecule has 0 aliphatic rings. The van der Waals surface area contributed by atoms with E-state index >= 15 is 0 Å². The fourth-order valence-electron chi connectivity index (χ4n) is 1.38. The van der Waals surface area contributed by atoms with Gasteiger partial charge >= 0.3 is 0 Å². The summed E-state index contributed by atoms with van der Waals surface area (Å²) in [6.07, 6.45) is 0.422. The van der Waals surface area contributed by atoms with E-state index in [2.05, 4.69) is 32.6 Å². The average molecular weight is 280 g/mol. The Balaban J connectivity index is 2.65. The fraction of sp³-hybridized carbons (Fsp3) is 0.500. The zero-order chi connectivity index (χ0) is 14.3. The van der Waals surface area contributed by atoms with Crippen LogP contribution in [0.15, 0.2) is 18.2 Å². The van der Waals surface area contributed by atoms with Crippen molar-refractivity contribution >= 4 is 11.8 Å². The van der Waals surface area contributed by atoms with Crippen molar-refractivity contribution in [3.05, 3.63) is 35.1 Å². The van der Waals surface area contributed by atoms with E-state index in [4.69, 9.17) is 5.11 Å². The summed E-state index contributed by atoms with van der Waals surface area (Å²) in [5.74, 6) is 6.72. The molecule has 0 aliphatic heterocycles. The Kier molecular flexibility index (Phi) is 6.97. The first-order chi connectivity index (χ1) is 9.04. The number of hydrogen-bond donors (Lipinski definition) is 1. The summed E-state index contributed by atoms with van der Waals surface area (Å²) in [7, 11) is 0. The van der Waals surface area contributed by atoms with E-state index in [1.807, 2.05) is 6.07 Å². The second-order valence-corrected chi connectivity index (χ2v) is 6.21. The predicted molar refractivity (Wildman–Crippen MR) is 80.6 cm³/mol. The molecule has 19 heavy (non-hydrogen) atoms. The van der Waals surface area contributed by atoms with Gasteiger partial charge in [0.05, 0.1) is 6.61 Å². The zero-order valence-corrected chi connectivity index (χ0v) is 12.6. The first-order valence-electron chi connectivity index (χ1n) is 6.54. The fourth-order valence-corrected chi connectivity index (χ4v) is 2.44. The maximum atomic E-state index is 13.9.